The third kappa shape index (κ3) is 3.01. The normalized spacial score (nSPS) is 20.4. The molecule has 1 saturated heterocycles. The lowest BCUT2D eigenvalue weighted by atomic mass is 9.89. The van der Waals surface area contributed by atoms with Crippen LogP contribution in [-0.2, 0) is 5.67 Å². The Hall–Kier alpha value is -1.00. The molecule has 1 aromatic rings. The molecule has 0 spiro atoms. The molecule has 0 unspecified atom stereocenters. The molecule has 2 rings (SSSR count). The SMILES string of the molecule is NCCCN1CCC(F)(c2ccccn2)CC1. The van der Waals surface area contributed by atoms with Crippen LogP contribution in [0.15, 0.2) is 24.4 Å². The van der Waals surface area contributed by atoms with Crippen LogP contribution in [0.5, 0.6) is 0 Å². The molecule has 0 radical (unpaired) electrons. The van der Waals surface area contributed by atoms with Gasteiger partial charge in [-0.15, -0.1) is 0 Å². The van der Waals surface area contributed by atoms with Crippen molar-refractivity contribution in [2.75, 3.05) is 26.2 Å². The zero-order valence-corrected chi connectivity index (χ0v) is 10.1. The smallest absolute Gasteiger partial charge is 0.155 e. The fourth-order valence-corrected chi connectivity index (χ4v) is 2.33. The van der Waals surface area contributed by atoms with E-state index < -0.39 is 5.67 Å². The van der Waals surface area contributed by atoms with E-state index in [0.717, 1.165) is 26.1 Å². The highest BCUT2D eigenvalue weighted by Crippen LogP contribution is 2.35. The zero-order valence-electron chi connectivity index (χ0n) is 10.1. The number of alkyl halides is 1. The Morgan fingerprint density at radius 3 is 2.71 bits per heavy atom. The summed E-state index contributed by atoms with van der Waals surface area (Å²) in [5.74, 6) is 0. The van der Waals surface area contributed by atoms with Crippen LogP contribution in [-0.4, -0.2) is 36.1 Å². The van der Waals surface area contributed by atoms with E-state index in [4.69, 9.17) is 5.73 Å². The molecule has 0 bridgehead atoms. The van der Waals surface area contributed by atoms with Crippen LogP contribution in [0.3, 0.4) is 0 Å². The summed E-state index contributed by atoms with van der Waals surface area (Å²) in [6.07, 6.45) is 3.73. The number of nitrogens with two attached hydrogens (primary N) is 1. The summed E-state index contributed by atoms with van der Waals surface area (Å²) < 4.78 is 14.7. The summed E-state index contributed by atoms with van der Waals surface area (Å²) >= 11 is 0. The van der Waals surface area contributed by atoms with E-state index in [-0.39, 0.29) is 0 Å². The number of halogens is 1. The van der Waals surface area contributed by atoms with Gasteiger partial charge < -0.3 is 10.6 Å². The van der Waals surface area contributed by atoms with Crippen molar-refractivity contribution in [3.05, 3.63) is 30.1 Å². The maximum absolute atomic E-state index is 14.7. The first-order chi connectivity index (χ1) is 8.24. The molecule has 17 heavy (non-hydrogen) atoms. The molecule has 4 heteroatoms. The third-order valence-electron chi connectivity index (χ3n) is 3.45. The van der Waals surface area contributed by atoms with Crippen LogP contribution < -0.4 is 5.73 Å². The first-order valence-electron chi connectivity index (χ1n) is 6.27. The van der Waals surface area contributed by atoms with Crippen molar-refractivity contribution in [2.45, 2.75) is 24.9 Å². The molecular weight excluding hydrogens is 217 g/mol. The monoisotopic (exact) mass is 237 g/mol. The van der Waals surface area contributed by atoms with Crippen LogP contribution >= 0.6 is 0 Å². The fraction of sp³-hybridized carbons (Fsp3) is 0.615. The van der Waals surface area contributed by atoms with Gasteiger partial charge in [0.25, 0.3) is 0 Å². The Morgan fingerprint density at radius 2 is 2.12 bits per heavy atom. The maximum Gasteiger partial charge on any atom is 0.155 e. The maximum atomic E-state index is 14.7. The van der Waals surface area contributed by atoms with Gasteiger partial charge in [-0.2, -0.15) is 0 Å². The minimum atomic E-state index is -1.24. The number of hydrogen-bond acceptors (Lipinski definition) is 3. The number of hydrogen-bond donors (Lipinski definition) is 1. The molecule has 2 N–H and O–H groups in total. The number of aromatic nitrogens is 1. The topological polar surface area (TPSA) is 42.1 Å². The summed E-state index contributed by atoms with van der Waals surface area (Å²) in [6.45, 7) is 3.28. The highest BCUT2D eigenvalue weighted by molar-refractivity contribution is 5.14. The fourth-order valence-electron chi connectivity index (χ4n) is 2.33. The number of pyridine rings is 1. The Balaban J connectivity index is 1.93. The van der Waals surface area contributed by atoms with E-state index in [1.807, 2.05) is 12.1 Å². The average Bonchev–Trinajstić information content (AvgIpc) is 2.39. The summed E-state index contributed by atoms with van der Waals surface area (Å²) in [4.78, 5) is 6.43. The molecule has 0 aliphatic carbocycles. The average molecular weight is 237 g/mol. The largest absolute Gasteiger partial charge is 0.330 e. The Bertz CT molecular complexity index is 334. The van der Waals surface area contributed by atoms with Gasteiger partial charge in [-0.3, -0.25) is 4.98 Å². The lowest BCUT2D eigenvalue weighted by Gasteiger charge is -2.35. The van der Waals surface area contributed by atoms with Crippen molar-refractivity contribution in [1.82, 2.24) is 9.88 Å². The van der Waals surface area contributed by atoms with Gasteiger partial charge in [-0.05, 0) is 44.5 Å². The molecule has 1 aliphatic rings. The summed E-state index contributed by atoms with van der Waals surface area (Å²) in [5.41, 5.74) is 4.83. The van der Waals surface area contributed by atoms with E-state index >= 15 is 0 Å². The predicted molar refractivity (Wildman–Crippen MR) is 66.4 cm³/mol. The van der Waals surface area contributed by atoms with Gasteiger partial charge in [0.05, 0.1) is 5.69 Å². The van der Waals surface area contributed by atoms with E-state index in [1.54, 1.807) is 12.3 Å². The molecule has 0 aromatic carbocycles. The molecule has 0 amide bonds. The van der Waals surface area contributed by atoms with E-state index in [0.29, 0.717) is 25.1 Å². The molecule has 2 heterocycles. The highest BCUT2D eigenvalue weighted by atomic mass is 19.1. The van der Waals surface area contributed by atoms with Gasteiger partial charge in [-0.1, -0.05) is 6.07 Å². The molecular formula is C13H20FN3. The molecule has 1 aromatic heterocycles. The Kier molecular flexibility index (Phi) is 4.07. The second-order valence-electron chi connectivity index (χ2n) is 4.66. The standard InChI is InChI=1S/C13H20FN3/c14-13(12-4-1-2-8-16-12)5-10-17(11-6-13)9-3-7-15/h1-2,4,8H,3,5-7,9-11,15H2. The zero-order chi connectivity index (χ0) is 12.1. The van der Waals surface area contributed by atoms with E-state index in [9.17, 15) is 4.39 Å². The molecule has 3 nitrogen and oxygen atoms in total. The van der Waals surface area contributed by atoms with Crippen molar-refractivity contribution < 1.29 is 4.39 Å². The van der Waals surface area contributed by atoms with Gasteiger partial charge in [0, 0.05) is 19.3 Å². The first-order valence-corrected chi connectivity index (χ1v) is 6.27. The minimum Gasteiger partial charge on any atom is -0.330 e. The molecule has 0 saturated carbocycles. The van der Waals surface area contributed by atoms with Crippen molar-refractivity contribution in [3.63, 3.8) is 0 Å². The number of likely N-dealkylation sites (tertiary alicyclic amines) is 1. The van der Waals surface area contributed by atoms with Crippen LogP contribution in [0.2, 0.25) is 0 Å². The van der Waals surface area contributed by atoms with Gasteiger partial charge in [0.1, 0.15) is 0 Å². The van der Waals surface area contributed by atoms with Crippen LogP contribution in [0.4, 0.5) is 4.39 Å². The van der Waals surface area contributed by atoms with Crippen molar-refractivity contribution in [3.8, 4) is 0 Å². The second kappa shape index (κ2) is 5.56. The van der Waals surface area contributed by atoms with Gasteiger partial charge in [0.15, 0.2) is 5.67 Å². The highest BCUT2D eigenvalue weighted by Gasteiger charge is 2.36. The second-order valence-corrected chi connectivity index (χ2v) is 4.66. The van der Waals surface area contributed by atoms with Crippen LogP contribution in [0, 0.1) is 0 Å². The van der Waals surface area contributed by atoms with Crippen LogP contribution in [0.25, 0.3) is 0 Å². The third-order valence-corrected chi connectivity index (χ3v) is 3.45. The first kappa shape index (κ1) is 12.5. The molecule has 94 valence electrons. The predicted octanol–water partition coefficient (Wildman–Crippen LogP) is 1.69. The van der Waals surface area contributed by atoms with Gasteiger partial charge in [0.2, 0.25) is 0 Å². The van der Waals surface area contributed by atoms with E-state index in [1.165, 1.54) is 0 Å². The number of rotatable bonds is 4. The Morgan fingerprint density at radius 1 is 1.35 bits per heavy atom. The van der Waals surface area contributed by atoms with Crippen molar-refractivity contribution in [1.29, 1.82) is 0 Å². The quantitative estimate of drug-likeness (QED) is 0.866. The number of piperidine rings is 1. The van der Waals surface area contributed by atoms with Crippen molar-refractivity contribution in [2.24, 2.45) is 5.73 Å². The summed E-state index contributed by atoms with van der Waals surface area (Å²) in [6, 6.07) is 5.46. The molecule has 1 fully saturated rings. The lowest BCUT2D eigenvalue weighted by Crippen LogP contribution is -2.41. The van der Waals surface area contributed by atoms with Gasteiger partial charge >= 0.3 is 0 Å². The molecule has 1 aliphatic heterocycles. The van der Waals surface area contributed by atoms with Gasteiger partial charge in [-0.25, -0.2) is 4.39 Å². The van der Waals surface area contributed by atoms with Crippen molar-refractivity contribution >= 4 is 0 Å². The molecule has 0 atom stereocenters. The van der Waals surface area contributed by atoms with E-state index in [2.05, 4.69) is 9.88 Å². The number of nitrogens with zero attached hydrogens (tertiary/aromatic N) is 2. The Labute approximate surface area is 102 Å². The summed E-state index contributed by atoms with van der Waals surface area (Å²) in [5, 5.41) is 0. The summed E-state index contributed by atoms with van der Waals surface area (Å²) in [7, 11) is 0. The lowest BCUT2D eigenvalue weighted by molar-refractivity contribution is 0.0522. The minimum absolute atomic E-state index is 0.536. The van der Waals surface area contributed by atoms with Crippen LogP contribution in [0.1, 0.15) is 25.0 Å².